The average Bonchev–Trinajstić information content (AvgIpc) is 2.47. The Morgan fingerprint density at radius 3 is 2.62 bits per heavy atom. The van der Waals surface area contributed by atoms with Crippen molar-refractivity contribution >= 4 is 11.8 Å². The largest absolute Gasteiger partial charge is 0.465 e. The molecule has 21 heavy (non-hydrogen) atoms. The SMILES string of the molecule is CC(CC1CCCCC1)N(Cc1ccccc1N)C(=O)O. The van der Waals surface area contributed by atoms with Gasteiger partial charge in [-0.3, -0.25) is 0 Å². The van der Waals surface area contributed by atoms with Gasteiger partial charge in [-0.15, -0.1) is 0 Å². The third kappa shape index (κ3) is 4.38. The fraction of sp³-hybridized carbons (Fsp3) is 0.588. The molecule has 116 valence electrons. The van der Waals surface area contributed by atoms with Crippen LogP contribution in [0.4, 0.5) is 10.5 Å². The van der Waals surface area contributed by atoms with E-state index in [0.29, 0.717) is 18.2 Å². The van der Waals surface area contributed by atoms with Gasteiger partial charge in [-0.05, 0) is 30.9 Å². The molecule has 1 saturated carbocycles. The van der Waals surface area contributed by atoms with Crippen LogP contribution < -0.4 is 5.73 Å². The summed E-state index contributed by atoms with van der Waals surface area (Å²) in [5.41, 5.74) is 7.48. The number of amides is 1. The van der Waals surface area contributed by atoms with E-state index in [-0.39, 0.29) is 6.04 Å². The van der Waals surface area contributed by atoms with Gasteiger partial charge in [0, 0.05) is 11.7 Å². The van der Waals surface area contributed by atoms with E-state index in [0.717, 1.165) is 12.0 Å². The lowest BCUT2D eigenvalue weighted by molar-refractivity contribution is 0.113. The van der Waals surface area contributed by atoms with Gasteiger partial charge >= 0.3 is 6.09 Å². The molecule has 0 saturated heterocycles. The van der Waals surface area contributed by atoms with Crippen LogP contribution in [0.1, 0.15) is 51.0 Å². The zero-order valence-electron chi connectivity index (χ0n) is 12.8. The number of nitrogens with two attached hydrogens (primary N) is 1. The van der Waals surface area contributed by atoms with Gasteiger partial charge in [0.1, 0.15) is 0 Å². The quantitative estimate of drug-likeness (QED) is 0.802. The highest BCUT2D eigenvalue weighted by atomic mass is 16.4. The number of para-hydroxylation sites is 1. The zero-order valence-corrected chi connectivity index (χ0v) is 12.8. The molecule has 1 unspecified atom stereocenters. The summed E-state index contributed by atoms with van der Waals surface area (Å²) in [7, 11) is 0. The average molecular weight is 290 g/mol. The first-order chi connectivity index (χ1) is 10.1. The minimum Gasteiger partial charge on any atom is -0.465 e. The van der Waals surface area contributed by atoms with Crippen LogP contribution in [0.3, 0.4) is 0 Å². The molecule has 1 aromatic rings. The molecule has 0 aliphatic heterocycles. The molecular formula is C17H26N2O2. The van der Waals surface area contributed by atoms with Gasteiger partial charge in [0.15, 0.2) is 0 Å². The molecular weight excluding hydrogens is 264 g/mol. The van der Waals surface area contributed by atoms with E-state index >= 15 is 0 Å². The van der Waals surface area contributed by atoms with Crippen LogP contribution in [-0.4, -0.2) is 22.1 Å². The minimum absolute atomic E-state index is 0.0326. The number of hydrogen-bond acceptors (Lipinski definition) is 2. The molecule has 4 heteroatoms. The van der Waals surface area contributed by atoms with Crippen molar-refractivity contribution < 1.29 is 9.90 Å². The van der Waals surface area contributed by atoms with Crippen molar-refractivity contribution in [1.82, 2.24) is 4.90 Å². The Bertz CT molecular complexity index is 470. The van der Waals surface area contributed by atoms with Crippen LogP contribution in [0, 0.1) is 5.92 Å². The molecule has 1 aliphatic carbocycles. The number of nitrogens with zero attached hydrogens (tertiary/aromatic N) is 1. The van der Waals surface area contributed by atoms with E-state index in [1.54, 1.807) is 0 Å². The third-order valence-electron chi connectivity index (χ3n) is 4.57. The molecule has 1 fully saturated rings. The normalized spacial score (nSPS) is 17.4. The predicted molar refractivity (Wildman–Crippen MR) is 85.1 cm³/mol. The van der Waals surface area contributed by atoms with Crippen molar-refractivity contribution in [1.29, 1.82) is 0 Å². The van der Waals surface area contributed by atoms with Crippen molar-refractivity contribution in [3.63, 3.8) is 0 Å². The minimum atomic E-state index is -0.860. The summed E-state index contributed by atoms with van der Waals surface area (Å²) in [5.74, 6) is 0.670. The molecule has 1 atom stereocenters. The molecule has 0 radical (unpaired) electrons. The molecule has 3 N–H and O–H groups in total. The Morgan fingerprint density at radius 2 is 2.00 bits per heavy atom. The second kappa shape index (κ2) is 7.34. The highest BCUT2D eigenvalue weighted by Crippen LogP contribution is 2.29. The maximum atomic E-state index is 11.6. The van der Waals surface area contributed by atoms with Crippen LogP contribution in [0.25, 0.3) is 0 Å². The molecule has 0 spiro atoms. The van der Waals surface area contributed by atoms with E-state index in [1.807, 2.05) is 31.2 Å². The summed E-state index contributed by atoms with van der Waals surface area (Å²) in [4.78, 5) is 13.1. The van der Waals surface area contributed by atoms with E-state index in [9.17, 15) is 9.90 Å². The summed E-state index contributed by atoms with van der Waals surface area (Å²) < 4.78 is 0. The molecule has 0 aromatic heterocycles. The molecule has 1 aliphatic rings. The first-order valence-corrected chi connectivity index (χ1v) is 7.91. The van der Waals surface area contributed by atoms with E-state index in [1.165, 1.54) is 37.0 Å². The number of carbonyl (C=O) groups is 1. The highest BCUT2D eigenvalue weighted by molar-refractivity contribution is 5.66. The van der Waals surface area contributed by atoms with Crippen LogP contribution in [0.15, 0.2) is 24.3 Å². The van der Waals surface area contributed by atoms with Crippen LogP contribution in [-0.2, 0) is 6.54 Å². The standard InChI is InChI=1S/C17H26N2O2/c1-13(11-14-7-3-2-4-8-14)19(17(20)21)12-15-9-5-6-10-16(15)18/h5-6,9-10,13-14H,2-4,7-8,11-12,18H2,1H3,(H,20,21). The van der Waals surface area contributed by atoms with E-state index in [4.69, 9.17) is 5.73 Å². The van der Waals surface area contributed by atoms with Crippen molar-refractivity contribution in [2.45, 2.75) is 58.0 Å². The summed E-state index contributed by atoms with van der Waals surface area (Å²) in [5, 5.41) is 9.51. The van der Waals surface area contributed by atoms with Gasteiger partial charge in [-0.1, -0.05) is 50.3 Å². The molecule has 1 amide bonds. The Hall–Kier alpha value is -1.71. The van der Waals surface area contributed by atoms with E-state index in [2.05, 4.69) is 0 Å². The second-order valence-corrected chi connectivity index (χ2v) is 6.20. The van der Waals surface area contributed by atoms with Gasteiger partial charge in [-0.2, -0.15) is 0 Å². The number of anilines is 1. The van der Waals surface area contributed by atoms with Crippen LogP contribution in [0.2, 0.25) is 0 Å². The Labute approximate surface area is 126 Å². The Morgan fingerprint density at radius 1 is 1.33 bits per heavy atom. The number of nitrogen functional groups attached to an aromatic ring is 1. The van der Waals surface area contributed by atoms with E-state index < -0.39 is 6.09 Å². The summed E-state index contributed by atoms with van der Waals surface area (Å²) in [6.07, 6.45) is 6.48. The highest BCUT2D eigenvalue weighted by Gasteiger charge is 2.24. The Balaban J connectivity index is 2.00. The number of carboxylic acid groups (broad SMARTS) is 1. The molecule has 4 nitrogen and oxygen atoms in total. The zero-order chi connectivity index (χ0) is 15.2. The smallest absolute Gasteiger partial charge is 0.407 e. The maximum absolute atomic E-state index is 11.6. The second-order valence-electron chi connectivity index (χ2n) is 6.20. The van der Waals surface area contributed by atoms with Crippen molar-refractivity contribution in [3.8, 4) is 0 Å². The monoisotopic (exact) mass is 290 g/mol. The van der Waals surface area contributed by atoms with Crippen LogP contribution in [0.5, 0.6) is 0 Å². The maximum Gasteiger partial charge on any atom is 0.407 e. The topological polar surface area (TPSA) is 66.6 Å². The summed E-state index contributed by atoms with van der Waals surface area (Å²) in [6.45, 7) is 2.39. The number of hydrogen-bond donors (Lipinski definition) is 2. The number of benzene rings is 1. The van der Waals surface area contributed by atoms with Crippen molar-refractivity contribution in [2.24, 2.45) is 5.92 Å². The lowest BCUT2D eigenvalue weighted by Gasteiger charge is -2.31. The lowest BCUT2D eigenvalue weighted by atomic mass is 9.85. The van der Waals surface area contributed by atoms with Gasteiger partial charge in [0.2, 0.25) is 0 Å². The predicted octanol–water partition coefficient (Wildman–Crippen LogP) is 4.11. The third-order valence-corrected chi connectivity index (χ3v) is 4.57. The molecule has 1 aromatic carbocycles. The first-order valence-electron chi connectivity index (χ1n) is 7.91. The molecule has 0 bridgehead atoms. The van der Waals surface area contributed by atoms with Crippen molar-refractivity contribution in [3.05, 3.63) is 29.8 Å². The summed E-state index contributed by atoms with van der Waals surface area (Å²) in [6, 6.07) is 7.53. The number of rotatable bonds is 5. The lowest BCUT2D eigenvalue weighted by Crippen LogP contribution is -2.38. The van der Waals surface area contributed by atoms with Gasteiger partial charge < -0.3 is 15.7 Å². The first kappa shape index (κ1) is 15.7. The summed E-state index contributed by atoms with van der Waals surface area (Å²) >= 11 is 0. The fourth-order valence-electron chi connectivity index (χ4n) is 3.31. The van der Waals surface area contributed by atoms with Gasteiger partial charge in [0.25, 0.3) is 0 Å². The van der Waals surface area contributed by atoms with Gasteiger partial charge in [0.05, 0.1) is 6.54 Å². The molecule has 0 heterocycles. The van der Waals surface area contributed by atoms with Gasteiger partial charge in [-0.25, -0.2) is 4.79 Å². The van der Waals surface area contributed by atoms with Crippen LogP contribution >= 0.6 is 0 Å². The fourth-order valence-corrected chi connectivity index (χ4v) is 3.31. The Kier molecular flexibility index (Phi) is 5.48. The van der Waals surface area contributed by atoms with Crippen molar-refractivity contribution in [2.75, 3.05) is 5.73 Å². The molecule has 2 rings (SSSR count).